The second-order valence-electron chi connectivity index (χ2n) is 7.40. The Morgan fingerprint density at radius 1 is 1.03 bits per heavy atom. The smallest absolute Gasteiger partial charge is 0.246 e. The summed E-state index contributed by atoms with van der Waals surface area (Å²) in [5.74, 6) is 1.19. The van der Waals surface area contributed by atoms with Crippen molar-refractivity contribution in [1.29, 1.82) is 0 Å². The highest BCUT2D eigenvalue weighted by Gasteiger charge is 2.27. The van der Waals surface area contributed by atoms with Gasteiger partial charge in [-0.1, -0.05) is 29.8 Å². The Morgan fingerprint density at radius 2 is 1.76 bits per heavy atom. The first-order valence-electron chi connectivity index (χ1n) is 9.83. The lowest BCUT2D eigenvalue weighted by atomic mass is 9.95. The molecule has 0 aromatic heterocycles. The molecule has 2 aromatic carbocycles. The summed E-state index contributed by atoms with van der Waals surface area (Å²) in [4.78, 5) is 26.8. The van der Waals surface area contributed by atoms with Gasteiger partial charge in [0.2, 0.25) is 18.6 Å². The van der Waals surface area contributed by atoms with E-state index in [0.717, 1.165) is 5.56 Å². The Bertz CT molecular complexity index is 928. The van der Waals surface area contributed by atoms with Crippen LogP contribution in [0.3, 0.4) is 0 Å². The number of rotatable bonds is 4. The number of aryl methyl sites for hydroxylation is 1. The number of piperidine rings is 1. The lowest BCUT2D eigenvalue weighted by molar-refractivity contribution is -0.130. The van der Waals surface area contributed by atoms with E-state index in [1.165, 1.54) is 5.56 Å². The van der Waals surface area contributed by atoms with Crippen LogP contribution in [0.25, 0.3) is 6.08 Å². The van der Waals surface area contributed by atoms with Crippen molar-refractivity contribution in [2.24, 2.45) is 5.92 Å². The van der Waals surface area contributed by atoms with E-state index in [2.05, 4.69) is 5.32 Å². The Hall–Kier alpha value is -3.28. The van der Waals surface area contributed by atoms with Gasteiger partial charge in [0.25, 0.3) is 0 Å². The molecule has 0 bridgehead atoms. The fourth-order valence-electron chi connectivity index (χ4n) is 3.53. The van der Waals surface area contributed by atoms with Gasteiger partial charge < -0.3 is 19.7 Å². The van der Waals surface area contributed by atoms with Crippen LogP contribution in [-0.4, -0.2) is 36.6 Å². The first kappa shape index (κ1) is 19.1. The van der Waals surface area contributed by atoms with Crippen LogP contribution in [0.5, 0.6) is 11.5 Å². The van der Waals surface area contributed by atoms with Gasteiger partial charge in [-0.25, -0.2) is 0 Å². The molecular weight excluding hydrogens is 368 g/mol. The van der Waals surface area contributed by atoms with Gasteiger partial charge in [-0.05, 0) is 43.5 Å². The molecule has 0 atom stereocenters. The second kappa shape index (κ2) is 8.39. The summed E-state index contributed by atoms with van der Waals surface area (Å²) in [5, 5.41) is 2.94. The van der Waals surface area contributed by atoms with Crippen LogP contribution in [0.2, 0.25) is 0 Å². The average Bonchev–Trinajstić information content (AvgIpc) is 3.21. The summed E-state index contributed by atoms with van der Waals surface area (Å²) < 4.78 is 10.6. The highest BCUT2D eigenvalue weighted by molar-refractivity contribution is 5.94. The van der Waals surface area contributed by atoms with Crippen molar-refractivity contribution >= 4 is 23.6 Å². The van der Waals surface area contributed by atoms with Crippen LogP contribution < -0.4 is 14.8 Å². The monoisotopic (exact) mass is 392 g/mol. The maximum atomic E-state index is 12.6. The van der Waals surface area contributed by atoms with Crippen molar-refractivity contribution in [3.8, 4) is 11.5 Å². The molecule has 1 fully saturated rings. The minimum Gasteiger partial charge on any atom is -0.454 e. The number of fused-ring (bicyclic) bond motifs is 1. The Morgan fingerprint density at radius 3 is 2.52 bits per heavy atom. The number of anilines is 1. The first-order chi connectivity index (χ1) is 14.1. The van der Waals surface area contributed by atoms with E-state index >= 15 is 0 Å². The van der Waals surface area contributed by atoms with Crippen LogP contribution in [-0.2, 0) is 9.59 Å². The van der Waals surface area contributed by atoms with Crippen LogP contribution in [0, 0.1) is 12.8 Å². The number of benzene rings is 2. The standard InChI is InChI=1S/C23H24N2O4/c1-16-2-4-17(5-3-16)6-9-22(26)25-12-10-18(11-13-25)23(27)24-19-7-8-20-21(14-19)29-15-28-20/h2-9,14,18H,10-13,15H2,1H3,(H,24,27)/b9-6+. The zero-order chi connectivity index (χ0) is 20.2. The quantitative estimate of drug-likeness (QED) is 0.807. The largest absolute Gasteiger partial charge is 0.454 e. The van der Waals surface area contributed by atoms with E-state index < -0.39 is 0 Å². The third-order valence-corrected chi connectivity index (χ3v) is 5.31. The topological polar surface area (TPSA) is 67.9 Å². The van der Waals surface area contributed by atoms with Crippen LogP contribution in [0.1, 0.15) is 24.0 Å². The van der Waals surface area contributed by atoms with E-state index in [9.17, 15) is 9.59 Å². The van der Waals surface area contributed by atoms with Gasteiger partial charge >= 0.3 is 0 Å². The highest BCUT2D eigenvalue weighted by atomic mass is 16.7. The molecule has 2 heterocycles. The second-order valence-corrected chi connectivity index (χ2v) is 7.40. The van der Waals surface area contributed by atoms with Crippen molar-refractivity contribution in [2.75, 3.05) is 25.2 Å². The normalized spacial score (nSPS) is 16.2. The number of ether oxygens (including phenoxy) is 2. The van der Waals surface area contributed by atoms with Gasteiger partial charge in [0.05, 0.1) is 0 Å². The van der Waals surface area contributed by atoms with Gasteiger partial charge in [0, 0.05) is 36.8 Å². The first-order valence-corrected chi connectivity index (χ1v) is 9.83. The van der Waals surface area contributed by atoms with Crippen molar-refractivity contribution in [2.45, 2.75) is 19.8 Å². The van der Waals surface area contributed by atoms with E-state index in [0.29, 0.717) is 43.1 Å². The van der Waals surface area contributed by atoms with Crippen LogP contribution >= 0.6 is 0 Å². The summed E-state index contributed by atoms with van der Waals surface area (Å²) >= 11 is 0. The lowest BCUT2D eigenvalue weighted by Crippen LogP contribution is -2.40. The van der Waals surface area contributed by atoms with Crippen molar-refractivity contribution in [1.82, 2.24) is 4.90 Å². The van der Waals surface area contributed by atoms with Gasteiger partial charge in [0.15, 0.2) is 11.5 Å². The van der Waals surface area contributed by atoms with Crippen molar-refractivity contribution in [3.05, 3.63) is 59.7 Å². The Kier molecular flexibility index (Phi) is 5.51. The number of amides is 2. The van der Waals surface area contributed by atoms with E-state index in [1.807, 2.05) is 37.3 Å². The third-order valence-electron chi connectivity index (χ3n) is 5.31. The van der Waals surface area contributed by atoms with Gasteiger partial charge in [-0.2, -0.15) is 0 Å². The molecule has 2 amide bonds. The molecule has 0 radical (unpaired) electrons. The van der Waals surface area contributed by atoms with Gasteiger partial charge in [-0.3, -0.25) is 9.59 Å². The maximum Gasteiger partial charge on any atom is 0.246 e. The molecule has 0 spiro atoms. The molecular formula is C23H24N2O4. The van der Waals surface area contributed by atoms with Crippen molar-refractivity contribution in [3.63, 3.8) is 0 Å². The molecule has 2 aliphatic rings. The average molecular weight is 392 g/mol. The van der Waals surface area contributed by atoms with Crippen molar-refractivity contribution < 1.29 is 19.1 Å². The molecule has 2 aliphatic heterocycles. The fourth-order valence-corrected chi connectivity index (χ4v) is 3.53. The molecule has 0 unspecified atom stereocenters. The summed E-state index contributed by atoms with van der Waals surface area (Å²) in [6, 6.07) is 13.4. The molecule has 4 rings (SSSR count). The number of nitrogens with one attached hydrogen (secondary N) is 1. The lowest BCUT2D eigenvalue weighted by Gasteiger charge is -2.30. The van der Waals surface area contributed by atoms with E-state index in [-0.39, 0.29) is 24.5 Å². The molecule has 0 saturated carbocycles. The number of hydrogen-bond donors (Lipinski definition) is 1. The summed E-state index contributed by atoms with van der Waals surface area (Å²) in [5.41, 5.74) is 2.88. The molecule has 150 valence electrons. The fraction of sp³-hybridized carbons (Fsp3) is 0.304. The summed E-state index contributed by atoms with van der Waals surface area (Å²) in [6.45, 7) is 3.40. The molecule has 6 heteroatoms. The summed E-state index contributed by atoms with van der Waals surface area (Å²) in [7, 11) is 0. The molecule has 29 heavy (non-hydrogen) atoms. The Balaban J connectivity index is 1.27. The van der Waals surface area contributed by atoms with Gasteiger partial charge in [0.1, 0.15) is 0 Å². The predicted octanol–water partition coefficient (Wildman–Crippen LogP) is 3.61. The van der Waals surface area contributed by atoms with Crippen LogP contribution in [0.15, 0.2) is 48.5 Å². The van der Waals surface area contributed by atoms with Crippen LogP contribution in [0.4, 0.5) is 5.69 Å². The predicted molar refractivity (Wildman–Crippen MR) is 111 cm³/mol. The van der Waals surface area contributed by atoms with E-state index in [4.69, 9.17) is 9.47 Å². The molecule has 2 aromatic rings. The minimum atomic E-state index is -0.106. The number of likely N-dealkylation sites (tertiary alicyclic amines) is 1. The number of carbonyl (C=O) groups excluding carboxylic acids is 2. The van der Waals surface area contributed by atoms with Gasteiger partial charge in [-0.15, -0.1) is 0 Å². The number of carbonyl (C=O) groups is 2. The maximum absolute atomic E-state index is 12.6. The molecule has 6 nitrogen and oxygen atoms in total. The third kappa shape index (κ3) is 4.59. The molecule has 0 aliphatic carbocycles. The summed E-state index contributed by atoms with van der Waals surface area (Å²) in [6.07, 6.45) is 4.75. The number of nitrogens with zero attached hydrogens (tertiary/aromatic N) is 1. The SMILES string of the molecule is Cc1ccc(/C=C/C(=O)N2CCC(C(=O)Nc3ccc4c(c3)OCO4)CC2)cc1. The van der Waals surface area contributed by atoms with E-state index in [1.54, 1.807) is 29.2 Å². The molecule has 1 N–H and O–H groups in total. The highest BCUT2D eigenvalue weighted by Crippen LogP contribution is 2.34. The zero-order valence-corrected chi connectivity index (χ0v) is 16.4. The number of hydrogen-bond acceptors (Lipinski definition) is 4. The zero-order valence-electron chi connectivity index (χ0n) is 16.4. The minimum absolute atomic E-state index is 0.0137. The Labute approximate surface area is 170 Å². The molecule has 1 saturated heterocycles.